The standard InChI is InChI=1S/C15H19F3N2O.ClH/c1-9(20-14(21)12-6-3-7-13(12)19)10-4-2-5-11(8-10)15(16,17)18;/h2,4-5,8-9,12-13H,3,6-7,19H2,1H3,(H,20,21);1H. The van der Waals surface area contributed by atoms with Crippen LogP contribution in [0.5, 0.6) is 0 Å². The van der Waals surface area contributed by atoms with Crippen molar-refractivity contribution in [3.63, 3.8) is 0 Å². The van der Waals surface area contributed by atoms with E-state index in [0.29, 0.717) is 5.56 Å². The Kier molecular flexibility index (Phi) is 6.26. The summed E-state index contributed by atoms with van der Waals surface area (Å²) in [4.78, 5) is 12.1. The number of carbonyl (C=O) groups excluding carboxylic acids is 1. The Morgan fingerprint density at radius 3 is 2.59 bits per heavy atom. The van der Waals surface area contributed by atoms with E-state index < -0.39 is 17.8 Å². The van der Waals surface area contributed by atoms with Crippen molar-refractivity contribution in [2.24, 2.45) is 11.7 Å². The number of rotatable bonds is 3. The maximum Gasteiger partial charge on any atom is 0.416 e. The molecular formula is C15H20ClF3N2O. The number of carbonyl (C=O) groups is 1. The van der Waals surface area contributed by atoms with E-state index in [2.05, 4.69) is 5.32 Å². The molecule has 3 unspecified atom stereocenters. The average molecular weight is 337 g/mol. The number of nitrogens with one attached hydrogen (secondary N) is 1. The second-order valence-corrected chi connectivity index (χ2v) is 5.55. The van der Waals surface area contributed by atoms with Crippen LogP contribution in [-0.2, 0) is 11.0 Å². The van der Waals surface area contributed by atoms with Crippen molar-refractivity contribution >= 4 is 18.3 Å². The minimum Gasteiger partial charge on any atom is -0.349 e. The second kappa shape index (κ2) is 7.33. The molecule has 1 aliphatic carbocycles. The molecule has 1 amide bonds. The summed E-state index contributed by atoms with van der Waals surface area (Å²) >= 11 is 0. The van der Waals surface area contributed by atoms with Gasteiger partial charge < -0.3 is 11.1 Å². The van der Waals surface area contributed by atoms with Gasteiger partial charge in [0.25, 0.3) is 0 Å². The molecule has 1 aromatic rings. The summed E-state index contributed by atoms with van der Waals surface area (Å²) < 4.78 is 38.1. The quantitative estimate of drug-likeness (QED) is 0.888. The van der Waals surface area contributed by atoms with Crippen LogP contribution in [-0.4, -0.2) is 11.9 Å². The first-order valence-electron chi connectivity index (χ1n) is 7.02. The zero-order valence-corrected chi connectivity index (χ0v) is 13.0. The first-order chi connectivity index (χ1) is 9.79. The lowest BCUT2D eigenvalue weighted by Crippen LogP contribution is -2.39. The van der Waals surface area contributed by atoms with Crippen LogP contribution >= 0.6 is 12.4 Å². The molecule has 124 valence electrons. The first-order valence-corrected chi connectivity index (χ1v) is 7.02. The number of hydrogen-bond acceptors (Lipinski definition) is 2. The highest BCUT2D eigenvalue weighted by atomic mass is 35.5. The molecule has 0 bridgehead atoms. The lowest BCUT2D eigenvalue weighted by molar-refractivity contribution is -0.137. The molecule has 1 aromatic carbocycles. The average Bonchev–Trinajstić information content (AvgIpc) is 2.84. The van der Waals surface area contributed by atoms with E-state index in [9.17, 15) is 18.0 Å². The number of hydrogen-bond donors (Lipinski definition) is 2. The van der Waals surface area contributed by atoms with Gasteiger partial charge in [-0.15, -0.1) is 12.4 Å². The summed E-state index contributed by atoms with van der Waals surface area (Å²) in [6.07, 6.45) is -1.91. The van der Waals surface area contributed by atoms with Gasteiger partial charge in [0.05, 0.1) is 17.5 Å². The van der Waals surface area contributed by atoms with Gasteiger partial charge >= 0.3 is 6.18 Å². The third kappa shape index (κ3) is 4.36. The van der Waals surface area contributed by atoms with Crippen molar-refractivity contribution < 1.29 is 18.0 Å². The minimum atomic E-state index is -4.38. The van der Waals surface area contributed by atoms with Crippen molar-refractivity contribution in [1.82, 2.24) is 5.32 Å². The summed E-state index contributed by atoms with van der Waals surface area (Å²) in [5.74, 6) is -0.414. The monoisotopic (exact) mass is 336 g/mol. The van der Waals surface area contributed by atoms with E-state index in [4.69, 9.17) is 5.73 Å². The fraction of sp³-hybridized carbons (Fsp3) is 0.533. The molecule has 0 heterocycles. The van der Waals surface area contributed by atoms with Gasteiger partial charge in [-0.1, -0.05) is 18.6 Å². The number of nitrogens with two attached hydrogens (primary N) is 1. The third-order valence-corrected chi connectivity index (χ3v) is 3.98. The fourth-order valence-electron chi connectivity index (χ4n) is 2.70. The van der Waals surface area contributed by atoms with Crippen LogP contribution in [0.15, 0.2) is 24.3 Å². The molecule has 7 heteroatoms. The molecule has 3 atom stereocenters. The minimum absolute atomic E-state index is 0. The molecule has 3 N–H and O–H groups in total. The molecule has 1 aliphatic rings. The normalized spacial score (nSPS) is 22.8. The van der Waals surface area contributed by atoms with Gasteiger partial charge in [0.15, 0.2) is 0 Å². The number of alkyl halides is 3. The van der Waals surface area contributed by atoms with Gasteiger partial charge in [0.1, 0.15) is 0 Å². The fourth-order valence-corrected chi connectivity index (χ4v) is 2.70. The Balaban J connectivity index is 0.00000242. The highest BCUT2D eigenvalue weighted by Gasteiger charge is 2.32. The van der Waals surface area contributed by atoms with Crippen LogP contribution in [0, 0.1) is 5.92 Å². The molecule has 0 saturated heterocycles. The molecule has 0 aromatic heterocycles. The van der Waals surface area contributed by atoms with E-state index in [-0.39, 0.29) is 30.3 Å². The Hall–Kier alpha value is -1.27. The van der Waals surface area contributed by atoms with E-state index in [0.717, 1.165) is 31.4 Å². The van der Waals surface area contributed by atoms with Gasteiger partial charge in [0.2, 0.25) is 5.91 Å². The Labute approximate surface area is 133 Å². The lowest BCUT2D eigenvalue weighted by Gasteiger charge is -2.20. The van der Waals surface area contributed by atoms with Crippen LogP contribution in [0.3, 0.4) is 0 Å². The van der Waals surface area contributed by atoms with Crippen molar-refractivity contribution in [2.45, 2.75) is 44.4 Å². The Bertz CT molecular complexity index is 522. The van der Waals surface area contributed by atoms with E-state index >= 15 is 0 Å². The molecule has 1 saturated carbocycles. The van der Waals surface area contributed by atoms with Gasteiger partial charge in [-0.2, -0.15) is 13.2 Å². The molecule has 0 spiro atoms. The third-order valence-electron chi connectivity index (χ3n) is 3.98. The highest BCUT2D eigenvalue weighted by Crippen LogP contribution is 2.31. The Morgan fingerprint density at radius 2 is 2.05 bits per heavy atom. The van der Waals surface area contributed by atoms with E-state index in [1.807, 2.05) is 0 Å². The molecule has 3 nitrogen and oxygen atoms in total. The maximum atomic E-state index is 12.7. The van der Waals surface area contributed by atoms with Crippen LogP contribution in [0.25, 0.3) is 0 Å². The number of halogens is 4. The smallest absolute Gasteiger partial charge is 0.349 e. The second-order valence-electron chi connectivity index (χ2n) is 5.55. The molecule has 0 aliphatic heterocycles. The van der Waals surface area contributed by atoms with Crippen molar-refractivity contribution in [1.29, 1.82) is 0 Å². The summed E-state index contributed by atoms with van der Waals surface area (Å²) in [6.45, 7) is 1.67. The lowest BCUT2D eigenvalue weighted by atomic mass is 10.0. The predicted molar refractivity (Wildman–Crippen MR) is 80.6 cm³/mol. The highest BCUT2D eigenvalue weighted by molar-refractivity contribution is 5.85. The van der Waals surface area contributed by atoms with Crippen molar-refractivity contribution in [3.8, 4) is 0 Å². The summed E-state index contributed by atoms with van der Waals surface area (Å²) in [7, 11) is 0. The van der Waals surface area contributed by atoms with E-state index in [1.165, 1.54) is 6.07 Å². The van der Waals surface area contributed by atoms with Crippen LogP contribution < -0.4 is 11.1 Å². The number of benzene rings is 1. The topological polar surface area (TPSA) is 55.1 Å². The summed E-state index contributed by atoms with van der Waals surface area (Å²) in [6, 6.07) is 4.38. The molecule has 0 radical (unpaired) electrons. The summed E-state index contributed by atoms with van der Waals surface area (Å²) in [5, 5.41) is 2.76. The largest absolute Gasteiger partial charge is 0.416 e. The molecule has 22 heavy (non-hydrogen) atoms. The Morgan fingerprint density at radius 1 is 1.36 bits per heavy atom. The zero-order chi connectivity index (χ0) is 15.6. The molecule has 1 fully saturated rings. The van der Waals surface area contributed by atoms with Crippen molar-refractivity contribution in [2.75, 3.05) is 0 Å². The van der Waals surface area contributed by atoms with Gasteiger partial charge in [-0.3, -0.25) is 4.79 Å². The number of amides is 1. The SMILES string of the molecule is CC(NC(=O)C1CCCC1N)c1cccc(C(F)(F)F)c1.Cl. The zero-order valence-electron chi connectivity index (χ0n) is 12.2. The predicted octanol–water partition coefficient (Wildman–Crippen LogP) is 3.43. The van der Waals surface area contributed by atoms with Gasteiger partial charge in [-0.25, -0.2) is 0 Å². The van der Waals surface area contributed by atoms with Crippen LogP contribution in [0.2, 0.25) is 0 Å². The van der Waals surface area contributed by atoms with Gasteiger partial charge in [0, 0.05) is 6.04 Å². The summed E-state index contributed by atoms with van der Waals surface area (Å²) in [5.41, 5.74) is 5.59. The molecule has 2 rings (SSSR count). The van der Waals surface area contributed by atoms with Gasteiger partial charge in [-0.05, 0) is 37.5 Å². The van der Waals surface area contributed by atoms with Crippen LogP contribution in [0.4, 0.5) is 13.2 Å². The van der Waals surface area contributed by atoms with Crippen LogP contribution in [0.1, 0.15) is 43.4 Å². The van der Waals surface area contributed by atoms with E-state index in [1.54, 1.807) is 13.0 Å². The first kappa shape index (κ1) is 18.8. The van der Waals surface area contributed by atoms with Crippen molar-refractivity contribution in [3.05, 3.63) is 35.4 Å². The maximum absolute atomic E-state index is 12.7. The molecular weight excluding hydrogens is 317 g/mol.